The molecule has 0 fully saturated rings. The highest BCUT2D eigenvalue weighted by atomic mass is 79.9. The first-order valence-corrected chi connectivity index (χ1v) is 3.09. The maximum atomic E-state index is 10.4. The Labute approximate surface area is 76.4 Å². The summed E-state index contributed by atoms with van der Waals surface area (Å²) in [6.45, 7) is 1.06. The lowest BCUT2D eigenvalue weighted by Crippen LogP contribution is -2.31. The van der Waals surface area contributed by atoms with Crippen LogP contribution in [0.2, 0.25) is 0 Å². The van der Waals surface area contributed by atoms with Gasteiger partial charge in [0.05, 0.1) is 13.2 Å². The van der Waals surface area contributed by atoms with Crippen LogP contribution < -0.4 is 5.73 Å². The summed E-state index contributed by atoms with van der Waals surface area (Å²) in [5.74, 6) is -0.292. The minimum atomic E-state index is -0.292. The van der Waals surface area contributed by atoms with Crippen LogP contribution in [0.5, 0.6) is 0 Å². The van der Waals surface area contributed by atoms with Crippen molar-refractivity contribution in [2.24, 2.45) is 5.73 Å². The summed E-state index contributed by atoms with van der Waals surface area (Å²) >= 11 is 0. The second-order valence-electron chi connectivity index (χ2n) is 2.41. The van der Waals surface area contributed by atoms with E-state index >= 15 is 0 Å². The monoisotopic (exact) mass is 221 g/mol. The third-order valence-corrected chi connectivity index (χ3v) is 1.30. The van der Waals surface area contributed by atoms with Gasteiger partial charge in [-0.15, -0.1) is 17.0 Å². The van der Waals surface area contributed by atoms with Gasteiger partial charge in [0.25, 0.3) is 0 Å². The van der Waals surface area contributed by atoms with E-state index in [1.807, 2.05) is 29.2 Å². The molecule has 2 N–H and O–H groups in total. The predicted octanol–water partition coefficient (Wildman–Crippen LogP) is -0.274. The minimum Gasteiger partial charge on any atom is -0.368 e. The highest BCUT2D eigenvalue weighted by Crippen LogP contribution is 2.01. The zero-order chi connectivity index (χ0) is 7.56. The highest BCUT2D eigenvalue weighted by Gasteiger charge is 2.09. The van der Waals surface area contributed by atoms with Crippen molar-refractivity contribution < 1.29 is 4.79 Å². The second-order valence-corrected chi connectivity index (χ2v) is 2.41. The summed E-state index contributed by atoms with van der Waals surface area (Å²) in [6.07, 6.45) is 3.76. The Hall–Kier alpha value is -0.710. The van der Waals surface area contributed by atoms with Gasteiger partial charge in [0.15, 0.2) is 0 Å². The first kappa shape index (κ1) is 10.3. The smallest absolute Gasteiger partial charge is 0.236 e. The summed E-state index contributed by atoms with van der Waals surface area (Å²) in [5.41, 5.74) is 4.98. The number of halogens is 1. The van der Waals surface area contributed by atoms with Gasteiger partial charge in [-0.25, -0.2) is 0 Å². The Morgan fingerprint density at radius 3 is 2.64 bits per heavy atom. The van der Waals surface area contributed by atoms with E-state index in [9.17, 15) is 4.79 Å². The Bertz CT molecular complexity index is 171. The van der Waals surface area contributed by atoms with Crippen LogP contribution in [0.15, 0.2) is 12.4 Å². The molecule has 0 aromatic heterocycles. The number of hydrogen-bond acceptors (Lipinski definition) is 3. The Morgan fingerprint density at radius 2 is 2.27 bits per heavy atom. The van der Waals surface area contributed by atoms with Crippen molar-refractivity contribution in [2.75, 3.05) is 20.3 Å². The first-order valence-electron chi connectivity index (χ1n) is 3.09. The van der Waals surface area contributed by atoms with E-state index in [2.05, 4.69) is 0 Å². The first-order chi connectivity index (χ1) is 4.68. The van der Waals surface area contributed by atoms with Crippen molar-refractivity contribution in [3.63, 3.8) is 0 Å². The van der Waals surface area contributed by atoms with Gasteiger partial charge in [0.2, 0.25) is 5.91 Å². The number of hydrogen-bond donors (Lipinski definition) is 1. The van der Waals surface area contributed by atoms with E-state index in [0.717, 1.165) is 6.67 Å². The van der Waals surface area contributed by atoms with Crippen LogP contribution in [0.1, 0.15) is 0 Å². The molecular formula is C6H12BrN3O. The van der Waals surface area contributed by atoms with Gasteiger partial charge in [-0.05, 0) is 0 Å². The standard InChI is InChI=1S/C6H11N3O.BrH/c1-8-2-3-9(5-8)4-6(7)10;/h2-3H,4-5H2,1H3,(H2,7,10);1H. The van der Waals surface area contributed by atoms with Crippen molar-refractivity contribution in [1.29, 1.82) is 0 Å². The topological polar surface area (TPSA) is 49.6 Å². The maximum Gasteiger partial charge on any atom is 0.236 e. The Morgan fingerprint density at radius 1 is 1.64 bits per heavy atom. The number of nitrogens with zero attached hydrogens (tertiary/aromatic N) is 2. The molecule has 0 unspecified atom stereocenters. The highest BCUT2D eigenvalue weighted by molar-refractivity contribution is 8.93. The molecule has 64 valence electrons. The van der Waals surface area contributed by atoms with Crippen LogP contribution in [0.4, 0.5) is 0 Å². The third-order valence-electron chi connectivity index (χ3n) is 1.30. The Balaban J connectivity index is 0.000001000. The minimum absolute atomic E-state index is 0. The molecule has 5 heteroatoms. The van der Waals surface area contributed by atoms with Crippen LogP contribution in [0.25, 0.3) is 0 Å². The zero-order valence-electron chi connectivity index (χ0n) is 6.36. The van der Waals surface area contributed by atoms with Crippen LogP contribution in [0, 0.1) is 0 Å². The van der Waals surface area contributed by atoms with Gasteiger partial charge in [0.1, 0.15) is 0 Å². The van der Waals surface area contributed by atoms with Gasteiger partial charge < -0.3 is 15.5 Å². The van der Waals surface area contributed by atoms with Crippen LogP contribution >= 0.6 is 17.0 Å². The van der Waals surface area contributed by atoms with E-state index in [4.69, 9.17) is 5.73 Å². The SMILES string of the molecule is Br.CN1C=CN(CC(N)=O)C1. The summed E-state index contributed by atoms with van der Waals surface area (Å²) in [6, 6.07) is 0. The van der Waals surface area contributed by atoms with Crippen molar-refractivity contribution in [3.8, 4) is 0 Å². The van der Waals surface area contributed by atoms with Crippen LogP contribution in [-0.4, -0.2) is 36.0 Å². The average Bonchev–Trinajstić information content (AvgIpc) is 2.13. The average molecular weight is 222 g/mol. The normalized spacial score (nSPS) is 15.0. The van der Waals surface area contributed by atoms with E-state index in [1.54, 1.807) is 0 Å². The fourth-order valence-electron chi connectivity index (χ4n) is 0.892. The van der Waals surface area contributed by atoms with Crippen LogP contribution in [-0.2, 0) is 4.79 Å². The maximum absolute atomic E-state index is 10.4. The number of carbonyl (C=O) groups excluding carboxylic acids is 1. The molecular weight excluding hydrogens is 210 g/mol. The van der Waals surface area contributed by atoms with Gasteiger partial charge in [-0.1, -0.05) is 0 Å². The molecule has 0 aliphatic carbocycles. The molecule has 0 atom stereocenters. The number of rotatable bonds is 2. The molecule has 0 bridgehead atoms. The molecule has 0 aromatic rings. The summed E-state index contributed by atoms with van der Waals surface area (Å²) < 4.78 is 0. The fourth-order valence-corrected chi connectivity index (χ4v) is 0.892. The van der Waals surface area contributed by atoms with Crippen molar-refractivity contribution in [1.82, 2.24) is 9.80 Å². The lowest BCUT2D eigenvalue weighted by atomic mass is 10.5. The van der Waals surface area contributed by atoms with Gasteiger partial charge in [-0.3, -0.25) is 4.79 Å². The molecule has 0 saturated heterocycles. The molecule has 1 aliphatic rings. The molecule has 11 heavy (non-hydrogen) atoms. The molecule has 1 amide bonds. The lowest BCUT2D eigenvalue weighted by molar-refractivity contribution is -0.118. The van der Waals surface area contributed by atoms with Crippen molar-refractivity contribution in [3.05, 3.63) is 12.4 Å². The molecule has 0 radical (unpaired) electrons. The number of carbonyl (C=O) groups is 1. The molecule has 0 aromatic carbocycles. The molecule has 1 heterocycles. The van der Waals surface area contributed by atoms with E-state index < -0.39 is 0 Å². The van der Waals surface area contributed by atoms with Crippen molar-refractivity contribution in [2.45, 2.75) is 0 Å². The van der Waals surface area contributed by atoms with Crippen LogP contribution in [0.3, 0.4) is 0 Å². The summed E-state index contributed by atoms with van der Waals surface area (Å²) in [7, 11) is 1.94. The van der Waals surface area contributed by atoms with Crippen molar-refractivity contribution >= 4 is 22.9 Å². The number of nitrogens with two attached hydrogens (primary N) is 1. The van der Waals surface area contributed by atoms with E-state index in [1.165, 1.54) is 0 Å². The summed E-state index contributed by atoms with van der Waals surface area (Å²) in [5, 5.41) is 0. The number of primary amides is 1. The zero-order valence-corrected chi connectivity index (χ0v) is 8.07. The largest absolute Gasteiger partial charge is 0.368 e. The molecule has 0 spiro atoms. The number of amides is 1. The molecule has 0 saturated carbocycles. The van der Waals surface area contributed by atoms with E-state index in [-0.39, 0.29) is 22.9 Å². The lowest BCUT2D eigenvalue weighted by Gasteiger charge is -2.15. The third kappa shape index (κ3) is 3.27. The quantitative estimate of drug-likeness (QED) is 0.699. The van der Waals surface area contributed by atoms with Gasteiger partial charge >= 0.3 is 0 Å². The fraction of sp³-hybridized carbons (Fsp3) is 0.500. The van der Waals surface area contributed by atoms with Gasteiger partial charge in [0, 0.05) is 19.4 Å². The molecule has 1 rings (SSSR count). The Kier molecular flexibility index (Phi) is 3.95. The molecule has 4 nitrogen and oxygen atoms in total. The molecule has 1 aliphatic heterocycles. The van der Waals surface area contributed by atoms with Gasteiger partial charge in [-0.2, -0.15) is 0 Å². The summed E-state index contributed by atoms with van der Waals surface area (Å²) in [4.78, 5) is 14.2. The van der Waals surface area contributed by atoms with E-state index in [0.29, 0.717) is 6.54 Å². The second kappa shape index (κ2) is 4.23. The predicted molar refractivity (Wildman–Crippen MR) is 48.0 cm³/mol.